The molecule has 0 bridgehead atoms. The van der Waals surface area contributed by atoms with E-state index < -0.39 is 28.4 Å². The minimum absolute atomic E-state index is 0.0308. The first-order valence-corrected chi connectivity index (χ1v) is 9.31. The van der Waals surface area contributed by atoms with Crippen LogP contribution in [0.5, 0.6) is 0 Å². The minimum Gasteiger partial charge on any atom is -0.465 e. The Morgan fingerprint density at radius 2 is 1.88 bits per heavy atom. The lowest BCUT2D eigenvalue weighted by atomic mass is 10.2. The molecule has 25 heavy (non-hydrogen) atoms. The first-order valence-electron chi connectivity index (χ1n) is 7.49. The lowest BCUT2D eigenvalue weighted by Gasteiger charge is -2.21. The monoisotopic (exact) mass is 385 g/mol. The number of rotatable bonds is 7. The lowest BCUT2D eigenvalue weighted by Crippen LogP contribution is -2.36. The van der Waals surface area contributed by atoms with Crippen molar-refractivity contribution in [1.82, 2.24) is 4.31 Å². The molecule has 2 aromatic carbocycles. The number of hydrogen-bond acceptors (Lipinski definition) is 4. The fourth-order valence-electron chi connectivity index (χ4n) is 2.15. The molecule has 8 heteroatoms. The van der Waals surface area contributed by atoms with Crippen LogP contribution in [0.1, 0.15) is 12.5 Å². The average molecular weight is 386 g/mol. The summed E-state index contributed by atoms with van der Waals surface area (Å²) in [7, 11) is -4.07. The Kier molecular flexibility index (Phi) is 6.52. The highest BCUT2D eigenvalue weighted by Crippen LogP contribution is 2.23. The van der Waals surface area contributed by atoms with E-state index >= 15 is 0 Å². The van der Waals surface area contributed by atoms with Crippen molar-refractivity contribution in [3.63, 3.8) is 0 Å². The third kappa shape index (κ3) is 5.01. The Morgan fingerprint density at radius 3 is 2.48 bits per heavy atom. The van der Waals surface area contributed by atoms with Gasteiger partial charge in [0.05, 0.1) is 16.5 Å². The second kappa shape index (κ2) is 8.42. The number of sulfonamides is 1. The van der Waals surface area contributed by atoms with E-state index in [2.05, 4.69) is 0 Å². The van der Waals surface area contributed by atoms with Gasteiger partial charge in [0.1, 0.15) is 12.4 Å². The number of halogens is 2. The topological polar surface area (TPSA) is 63.7 Å². The summed E-state index contributed by atoms with van der Waals surface area (Å²) >= 11 is 5.69. The molecule has 0 fully saturated rings. The van der Waals surface area contributed by atoms with E-state index in [-0.39, 0.29) is 23.1 Å². The van der Waals surface area contributed by atoms with Gasteiger partial charge in [-0.2, -0.15) is 4.31 Å². The van der Waals surface area contributed by atoms with Crippen LogP contribution >= 0.6 is 11.6 Å². The largest absolute Gasteiger partial charge is 0.465 e. The maximum absolute atomic E-state index is 13.3. The third-order valence-corrected chi connectivity index (χ3v) is 5.42. The summed E-state index contributed by atoms with van der Waals surface area (Å²) in [5.41, 5.74) is 0.698. The van der Waals surface area contributed by atoms with Gasteiger partial charge in [0.2, 0.25) is 10.0 Å². The predicted molar refractivity (Wildman–Crippen MR) is 92.1 cm³/mol. The van der Waals surface area contributed by atoms with Crippen molar-refractivity contribution < 1.29 is 22.3 Å². The van der Waals surface area contributed by atoms with Gasteiger partial charge in [-0.15, -0.1) is 0 Å². The van der Waals surface area contributed by atoms with Gasteiger partial charge in [-0.25, -0.2) is 12.8 Å². The van der Waals surface area contributed by atoms with Crippen LogP contribution in [0.3, 0.4) is 0 Å². The van der Waals surface area contributed by atoms with Crippen molar-refractivity contribution in [2.45, 2.75) is 18.4 Å². The van der Waals surface area contributed by atoms with Crippen molar-refractivity contribution in [2.75, 3.05) is 13.2 Å². The van der Waals surface area contributed by atoms with Crippen LogP contribution in [0.2, 0.25) is 5.02 Å². The molecule has 0 aliphatic heterocycles. The van der Waals surface area contributed by atoms with Crippen LogP contribution in [0.4, 0.5) is 4.39 Å². The Balaban J connectivity index is 2.37. The van der Waals surface area contributed by atoms with Crippen LogP contribution < -0.4 is 0 Å². The Bertz CT molecular complexity index is 843. The number of carbonyl (C=O) groups excluding carboxylic acids is 1. The molecular weight excluding hydrogens is 369 g/mol. The molecule has 0 spiro atoms. The number of nitrogens with zero attached hydrogens (tertiary/aromatic N) is 1. The standard InChI is InChI=1S/C17H17ClFNO4S/c1-2-24-17(21)12-20(11-13-6-4-3-5-7-13)25(22,23)14-8-9-16(19)15(18)10-14/h3-10H,2,11-12H2,1H3. The molecule has 0 saturated heterocycles. The van der Waals surface area contributed by atoms with Gasteiger partial charge in [-0.3, -0.25) is 4.79 Å². The van der Waals surface area contributed by atoms with E-state index in [0.717, 1.165) is 22.5 Å². The Hall–Kier alpha value is -1.96. The molecule has 0 saturated carbocycles. The summed E-state index contributed by atoms with van der Waals surface area (Å²) in [5.74, 6) is -1.39. The van der Waals surface area contributed by atoms with Crippen LogP contribution in [-0.4, -0.2) is 31.8 Å². The maximum atomic E-state index is 13.3. The number of benzene rings is 2. The summed E-state index contributed by atoms with van der Waals surface area (Å²) in [6.45, 7) is 1.28. The zero-order chi connectivity index (χ0) is 18.4. The van der Waals surface area contributed by atoms with Gasteiger partial charge in [0, 0.05) is 6.54 Å². The zero-order valence-electron chi connectivity index (χ0n) is 13.5. The zero-order valence-corrected chi connectivity index (χ0v) is 15.1. The first kappa shape index (κ1) is 19.4. The molecule has 0 aromatic heterocycles. The smallest absolute Gasteiger partial charge is 0.321 e. The Labute approximate surface area is 151 Å². The molecular formula is C17H17ClFNO4S. The normalized spacial score (nSPS) is 11.5. The average Bonchev–Trinajstić information content (AvgIpc) is 2.58. The van der Waals surface area contributed by atoms with E-state index in [9.17, 15) is 17.6 Å². The minimum atomic E-state index is -4.07. The van der Waals surface area contributed by atoms with Gasteiger partial charge < -0.3 is 4.74 Å². The van der Waals surface area contributed by atoms with Crippen molar-refractivity contribution in [1.29, 1.82) is 0 Å². The Morgan fingerprint density at radius 1 is 1.20 bits per heavy atom. The first-order chi connectivity index (χ1) is 11.8. The molecule has 0 aliphatic carbocycles. The summed E-state index contributed by atoms with van der Waals surface area (Å²) in [6, 6.07) is 11.9. The fraction of sp³-hybridized carbons (Fsp3) is 0.235. The summed E-state index contributed by atoms with van der Waals surface area (Å²) in [6.07, 6.45) is 0. The van der Waals surface area contributed by atoms with Crippen LogP contribution in [0.15, 0.2) is 53.4 Å². The van der Waals surface area contributed by atoms with Crippen LogP contribution in [0, 0.1) is 5.82 Å². The molecule has 0 unspecified atom stereocenters. The van der Waals surface area contributed by atoms with Crippen molar-refractivity contribution in [3.8, 4) is 0 Å². The number of hydrogen-bond donors (Lipinski definition) is 0. The predicted octanol–water partition coefficient (Wildman–Crippen LogP) is 3.23. The molecule has 2 rings (SSSR count). The van der Waals surface area contributed by atoms with Gasteiger partial charge in [-0.05, 0) is 30.7 Å². The van der Waals surface area contributed by atoms with E-state index in [1.807, 2.05) is 0 Å². The highest BCUT2D eigenvalue weighted by atomic mass is 35.5. The fourth-order valence-corrected chi connectivity index (χ4v) is 3.79. The van der Waals surface area contributed by atoms with Crippen LogP contribution in [-0.2, 0) is 26.1 Å². The lowest BCUT2D eigenvalue weighted by molar-refractivity contribution is -0.143. The second-order valence-electron chi connectivity index (χ2n) is 5.14. The molecule has 134 valence electrons. The highest BCUT2D eigenvalue weighted by Gasteiger charge is 2.28. The molecule has 0 amide bonds. The third-order valence-electron chi connectivity index (χ3n) is 3.34. The van der Waals surface area contributed by atoms with Crippen molar-refractivity contribution in [3.05, 3.63) is 64.9 Å². The van der Waals surface area contributed by atoms with Gasteiger partial charge in [-0.1, -0.05) is 41.9 Å². The van der Waals surface area contributed by atoms with Crippen LogP contribution in [0.25, 0.3) is 0 Å². The van der Waals surface area contributed by atoms with E-state index in [0.29, 0.717) is 5.56 Å². The molecule has 0 heterocycles. The number of carbonyl (C=O) groups is 1. The van der Waals surface area contributed by atoms with E-state index in [1.165, 1.54) is 0 Å². The summed E-state index contributed by atoms with van der Waals surface area (Å²) < 4.78 is 44.9. The van der Waals surface area contributed by atoms with Gasteiger partial charge in [0.15, 0.2) is 0 Å². The summed E-state index contributed by atoms with van der Waals surface area (Å²) in [5, 5.41) is -0.308. The quantitative estimate of drug-likeness (QED) is 0.686. The maximum Gasteiger partial charge on any atom is 0.321 e. The molecule has 0 N–H and O–H groups in total. The molecule has 0 radical (unpaired) electrons. The number of esters is 1. The SMILES string of the molecule is CCOC(=O)CN(Cc1ccccc1)S(=O)(=O)c1ccc(F)c(Cl)c1. The molecule has 0 atom stereocenters. The second-order valence-corrected chi connectivity index (χ2v) is 7.48. The molecule has 0 aliphatic rings. The van der Waals surface area contributed by atoms with Crippen molar-refractivity contribution >= 4 is 27.6 Å². The number of ether oxygens (including phenoxy) is 1. The van der Waals surface area contributed by atoms with E-state index in [4.69, 9.17) is 16.3 Å². The van der Waals surface area contributed by atoms with Gasteiger partial charge in [0.25, 0.3) is 0 Å². The molecule has 5 nitrogen and oxygen atoms in total. The van der Waals surface area contributed by atoms with Crippen molar-refractivity contribution in [2.24, 2.45) is 0 Å². The highest BCUT2D eigenvalue weighted by molar-refractivity contribution is 7.89. The summed E-state index contributed by atoms with van der Waals surface area (Å²) in [4.78, 5) is 11.6. The molecule has 2 aromatic rings. The van der Waals surface area contributed by atoms with Gasteiger partial charge >= 0.3 is 5.97 Å². The van der Waals surface area contributed by atoms with E-state index in [1.54, 1.807) is 37.3 Å².